The quantitative estimate of drug-likeness (QED) is 0.784. The highest BCUT2D eigenvalue weighted by molar-refractivity contribution is 6.17. The second-order valence-electron chi connectivity index (χ2n) is 4.16. The molecule has 0 aliphatic rings. The maximum atomic E-state index is 9.05. The number of hydrogen-bond donors (Lipinski definition) is 0. The SMILES string of the molecule is COc1ccc(CCl)c(OCc2ccccc2C#N)c1. The van der Waals surface area contributed by atoms with E-state index in [0.717, 1.165) is 11.1 Å². The number of alkyl halides is 1. The molecule has 0 unspecified atom stereocenters. The van der Waals surface area contributed by atoms with E-state index in [1.807, 2.05) is 30.3 Å². The first-order valence-corrected chi connectivity index (χ1v) is 6.65. The van der Waals surface area contributed by atoms with E-state index >= 15 is 0 Å². The number of methoxy groups -OCH3 is 1. The Morgan fingerprint density at radius 2 is 1.95 bits per heavy atom. The van der Waals surface area contributed by atoms with E-state index < -0.39 is 0 Å². The van der Waals surface area contributed by atoms with Crippen LogP contribution in [0.2, 0.25) is 0 Å². The highest BCUT2D eigenvalue weighted by Crippen LogP contribution is 2.27. The molecule has 102 valence electrons. The maximum Gasteiger partial charge on any atom is 0.127 e. The van der Waals surface area contributed by atoms with Gasteiger partial charge >= 0.3 is 0 Å². The van der Waals surface area contributed by atoms with Gasteiger partial charge in [-0.05, 0) is 12.1 Å². The minimum atomic E-state index is 0.320. The van der Waals surface area contributed by atoms with Gasteiger partial charge in [-0.25, -0.2) is 0 Å². The Hall–Kier alpha value is -2.18. The van der Waals surface area contributed by atoms with Gasteiger partial charge in [0.25, 0.3) is 0 Å². The lowest BCUT2D eigenvalue weighted by Crippen LogP contribution is -2.00. The van der Waals surface area contributed by atoms with Crippen LogP contribution in [0.5, 0.6) is 11.5 Å². The molecule has 3 nitrogen and oxygen atoms in total. The van der Waals surface area contributed by atoms with Crippen molar-refractivity contribution in [2.24, 2.45) is 0 Å². The fourth-order valence-electron chi connectivity index (χ4n) is 1.82. The van der Waals surface area contributed by atoms with Crippen LogP contribution in [0.25, 0.3) is 0 Å². The molecular weight excluding hydrogens is 274 g/mol. The van der Waals surface area contributed by atoms with E-state index in [4.69, 9.17) is 26.3 Å². The Bertz CT molecular complexity index is 635. The van der Waals surface area contributed by atoms with Crippen molar-refractivity contribution in [3.05, 3.63) is 59.2 Å². The smallest absolute Gasteiger partial charge is 0.127 e. The molecule has 0 saturated carbocycles. The highest BCUT2D eigenvalue weighted by Gasteiger charge is 2.07. The molecule has 0 fully saturated rings. The molecule has 2 aromatic rings. The minimum absolute atomic E-state index is 0.320. The molecule has 2 aromatic carbocycles. The third kappa shape index (κ3) is 3.23. The third-order valence-corrected chi connectivity index (χ3v) is 3.23. The second kappa shape index (κ2) is 6.83. The van der Waals surface area contributed by atoms with Crippen LogP contribution in [0.15, 0.2) is 42.5 Å². The zero-order chi connectivity index (χ0) is 14.4. The first-order valence-electron chi connectivity index (χ1n) is 6.12. The van der Waals surface area contributed by atoms with Gasteiger partial charge in [-0.1, -0.05) is 24.3 Å². The molecule has 0 aromatic heterocycles. The van der Waals surface area contributed by atoms with Crippen molar-refractivity contribution in [1.82, 2.24) is 0 Å². The lowest BCUT2D eigenvalue weighted by atomic mass is 10.1. The summed E-state index contributed by atoms with van der Waals surface area (Å²) in [7, 11) is 1.60. The Morgan fingerprint density at radius 3 is 2.65 bits per heavy atom. The highest BCUT2D eigenvalue weighted by atomic mass is 35.5. The molecule has 0 amide bonds. The summed E-state index contributed by atoms with van der Waals surface area (Å²) in [6, 6.07) is 15.0. The Kier molecular flexibility index (Phi) is 4.86. The Morgan fingerprint density at radius 1 is 1.15 bits per heavy atom. The average Bonchev–Trinajstić information content (AvgIpc) is 2.52. The van der Waals surface area contributed by atoms with E-state index in [1.54, 1.807) is 19.2 Å². The molecule has 0 spiro atoms. The number of hydrogen-bond acceptors (Lipinski definition) is 3. The molecule has 0 saturated heterocycles. The van der Waals surface area contributed by atoms with Gasteiger partial charge in [0.05, 0.1) is 24.6 Å². The molecule has 0 atom stereocenters. The van der Waals surface area contributed by atoms with Crippen molar-refractivity contribution in [1.29, 1.82) is 5.26 Å². The van der Waals surface area contributed by atoms with E-state index in [1.165, 1.54) is 0 Å². The zero-order valence-electron chi connectivity index (χ0n) is 11.1. The maximum absolute atomic E-state index is 9.05. The molecule has 0 radical (unpaired) electrons. The first-order chi connectivity index (χ1) is 9.78. The summed E-state index contributed by atoms with van der Waals surface area (Å²) in [5, 5.41) is 9.05. The second-order valence-corrected chi connectivity index (χ2v) is 4.43. The first kappa shape index (κ1) is 14.2. The molecule has 2 rings (SSSR count). The van der Waals surface area contributed by atoms with Gasteiger partial charge in [-0.3, -0.25) is 0 Å². The number of nitriles is 1. The van der Waals surface area contributed by atoms with E-state index in [2.05, 4.69) is 6.07 Å². The van der Waals surface area contributed by atoms with Gasteiger partial charge in [-0.2, -0.15) is 5.26 Å². The van der Waals surface area contributed by atoms with Crippen LogP contribution in [0.1, 0.15) is 16.7 Å². The van der Waals surface area contributed by atoms with Gasteiger partial charge in [0.1, 0.15) is 18.1 Å². The van der Waals surface area contributed by atoms with Crippen molar-refractivity contribution in [2.45, 2.75) is 12.5 Å². The number of nitrogens with zero attached hydrogens (tertiary/aromatic N) is 1. The molecular formula is C16H14ClNO2. The van der Waals surface area contributed by atoms with Crippen LogP contribution < -0.4 is 9.47 Å². The van der Waals surface area contributed by atoms with Crippen molar-refractivity contribution >= 4 is 11.6 Å². The van der Waals surface area contributed by atoms with Crippen molar-refractivity contribution < 1.29 is 9.47 Å². The van der Waals surface area contributed by atoms with Crippen LogP contribution in [0.4, 0.5) is 0 Å². The van der Waals surface area contributed by atoms with E-state index in [-0.39, 0.29) is 0 Å². The van der Waals surface area contributed by atoms with Gasteiger partial charge < -0.3 is 9.47 Å². The monoisotopic (exact) mass is 287 g/mol. The topological polar surface area (TPSA) is 42.2 Å². The van der Waals surface area contributed by atoms with Crippen LogP contribution in [-0.4, -0.2) is 7.11 Å². The summed E-state index contributed by atoms with van der Waals surface area (Å²) in [5.74, 6) is 1.74. The lowest BCUT2D eigenvalue weighted by molar-refractivity contribution is 0.301. The molecule has 0 aliphatic heterocycles. The predicted octanol–water partition coefficient (Wildman–Crippen LogP) is 3.88. The fourth-order valence-corrected chi connectivity index (χ4v) is 2.04. The van der Waals surface area contributed by atoms with Crippen LogP contribution in [0, 0.1) is 11.3 Å². The van der Waals surface area contributed by atoms with Gasteiger partial charge in [-0.15, -0.1) is 11.6 Å². The Balaban J connectivity index is 2.20. The summed E-state index contributed by atoms with van der Waals surface area (Å²) in [6.45, 7) is 0.320. The molecule has 0 aliphatic carbocycles. The summed E-state index contributed by atoms with van der Waals surface area (Å²) < 4.78 is 11.0. The van der Waals surface area contributed by atoms with Crippen molar-refractivity contribution in [3.63, 3.8) is 0 Å². The fraction of sp³-hybridized carbons (Fsp3) is 0.188. The summed E-state index contributed by atoms with van der Waals surface area (Å²) >= 11 is 5.89. The Labute approximate surface area is 123 Å². The summed E-state index contributed by atoms with van der Waals surface area (Å²) in [6.07, 6.45) is 0. The largest absolute Gasteiger partial charge is 0.497 e. The minimum Gasteiger partial charge on any atom is -0.497 e. The zero-order valence-corrected chi connectivity index (χ0v) is 11.9. The van der Waals surface area contributed by atoms with E-state index in [0.29, 0.717) is 29.5 Å². The van der Waals surface area contributed by atoms with Crippen LogP contribution in [-0.2, 0) is 12.5 Å². The number of ether oxygens (including phenoxy) is 2. The van der Waals surface area contributed by atoms with Crippen LogP contribution in [0.3, 0.4) is 0 Å². The summed E-state index contributed by atoms with van der Waals surface area (Å²) in [5.41, 5.74) is 2.35. The van der Waals surface area contributed by atoms with Gasteiger partial charge in [0.15, 0.2) is 0 Å². The van der Waals surface area contributed by atoms with Crippen LogP contribution >= 0.6 is 11.6 Å². The molecule has 4 heteroatoms. The molecule has 0 N–H and O–H groups in total. The van der Waals surface area contributed by atoms with Crippen molar-refractivity contribution in [3.8, 4) is 17.6 Å². The average molecular weight is 288 g/mol. The molecule has 0 heterocycles. The number of benzene rings is 2. The van der Waals surface area contributed by atoms with Gasteiger partial charge in [0.2, 0.25) is 0 Å². The number of rotatable bonds is 5. The third-order valence-electron chi connectivity index (χ3n) is 2.94. The molecule has 0 bridgehead atoms. The van der Waals surface area contributed by atoms with E-state index in [9.17, 15) is 0 Å². The standard InChI is InChI=1S/C16H14ClNO2/c1-19-15-7-6-12(9-17)16(8-15)20-11-14-5-3-2-4-13(14)10-18/h2-8H,9,11H2,1H3. The predicted molar refractivity (Wildman–Crippen MR) is 78.0 cm³/mol. The normalized spacial score (nSPS) is 9.85. The lowest BCUT2D eigenvalue weighted by Gasteiger charge is -2.12. The van der Waals surface area contributed by atoms with Gasteiger partial charge in [0, 0.05) is 17.2 Å². The molecule has 20 heavy (non-hydrogen) atoms. The summed E-state index contributed by atoms with van der Waals surface area (Å²) in [4.78, 5) is 0. The number of halogens is 1. The van der Waals surface area contributed by atoms with Crippen molar-refractivity contribution in [2.75, 3.05) is 7.11 Å².